The number of nitrogens with one attached hydrogen (secondary N) is 1. The minimum Gasteiger partial charge on any atom is -0.512 e. The van der Waals surface area contributed by atoms with E-state index in [1.165, 1.54) is 35.0 Å². The summed E-state index contributed by atoms with van der Waals surface area (Å²) in [4.78, 5) is 23.4. The zero-order valence-corrected chi connectivity index (χ0v) is 12.9. The number of ketones is 2. The van der Waals surface area contributed by atoms with Gasteiger partial charge in [-0.1, -0.05) is 0 Å². The Morgan fingerprint density at radius 3 is 1.75 bits per heavy atom. The standard InChI is InChI=1S/C14H23NO5/c1-8(15-7-12(19-5)20-6)13(9(2)16)14(10(3)17)11(4)18/h12,15,17H,7H2,1-6H3. The van der Waals surface area contributed by atoms with Gasteiger partial charge in [-0.25, -0.2) is 0 Å². The molecule has 2 N–H and O–H groups in total. The second-order valence-corrected chi connectivity index (χ2v) is 4.35. The molecule has 0 saturated carbocycles. The number of allylic oxidation sites excluding steroid dienone is 4. The van der Waals surface area contributed by atoms with Crippen LogP contribution in [0.1, 0.15) is 27.7 Å². The van der Waals surface area contributed by atoms with E-state index in [0.29, 0.717) is 12.2 Å². The zero-order valence-electron chi connectivity index (χ0n) is 12.9. The largest absolute Gasteiger partial charge is 0.512 e. The highest BCUT2D eigenvalue weighted by Gasteiger charge is 2.21. The summed E-state index contributed by atoms with van der Waals surface area (Å²) < 4.78 is 10.0. The Morgan fingerprint density at radius 2 is 1.45 bits per heavy atom. The van der Waals surface area contributed by atoms with Gasteiger partial charge in [0.05, 0.1) is 17.7 Å². The SMILES string of the molecule is COC(CNC(C)=C(C(C)=O)C(C(C)=O)=C(C)O)OC. The predicted molar refractivity (Wildman–Crippen MR) is 75.2 cm³/mol. The second kappa shape index (κ2) is 8.50. The average molecular weight is 285 g/mol. The van der Waals surface area contributed by atoms with E-state index in [0.717, 1.165) is 0 Å². The molecular weight excluding hydrogens is 262 g/mol. The number of aliphatic hydroxyl groups is 1. The van der Waals surface area contributed by atoms with Gasteiger partial charge >= 0.3 is 0 Å². The summed E-state index contributed by atoms with van der Waals surface area (Å²) in [7, 11) is 3.00. The highest BCUT2D eigenvalue weighted by atomic mass is 16.7. The van der Waals surface area contributed by atoms with Gasteiger partial charge in [-0.05, 0) is 27.7 Å². The third kappa shape index (κ3) is 5.14. The monoisotopic (exact) mass is 285 g/mol. The van der Waals surface area contributed by atoms with Gasteiger partial charge in [-0.2, -0.15) is 0 Å². The van der Waals surface area contributed by atoms with Crippen molar-refractivity contribution in [3.8, 4) is 0 Å². The Bertz CT molecular complexity index is 429. The van der Waals surface area contributed by atoms with Gasteiger partial charge in [0.1, 0.15) is 5.76 Å². The lowest BCUT2D eigenvalue weighted by Crippen LogP contribution is -2.30. The molecule has 0 amide bonds. The number of hydrogen-bond donors (Lipinski definition) is 2. The van der Waals surface area contributed by atoms with Crippen LogP contribution in [0.3, 0.4) is 0 Å². The van der Waals surface area contributed by atoms with Crippen LogP contribution in [0.5, 0.6) is 0 Å². The molecule has 6 nitrogen and oxygen atoms in total. The van der Waals surface area contributed by atoms with Crippen LogP contribution in [0.15, 0.2) is 22.6 Å². The van der Waals surface area contributed by atoms with Gasteiger partial charge in [-0.15, -0.1) is 0 Å². The molecule has 0 radical (unpaired) electrons. The summed E-state index contributed by atoms with van der Waals surface area (Å²) in [6.07, 6.45) is -0.474. The molecule has 0 bridgehead atoms. The van der Waals surface area contributed by atoms with E-state index in [9.17, 15) is 14.7 Å². The second-order valence-electron chi connectivity index (χ2n) is 4.35. The lowest BCUT2D eigenvalue weighted by molar-refractivity contribution is -0.116. The maximum absolute atomic E-state index is 11.8. The predicted octanol–water partition coefficient (Wildman–Crippen LogP) is 1.48. The number of aliphatic hydroxyl groups excluding tert-OH is 1. The Labute approximate surface area is 119 Å². The first-order valence-corrected chi connectivity index (χ1v) is 6.18. The minimum atomic E-state index is -0.474. The van der Waals surface area contributed by atoms with Crippen LogP contribution in [0.25, 0.3) is 0 Å². The van der Waals surface area contributed by atoms with Crippen molar-refractivity contribution in [2.75, 3.05) is 20.8 Å². The molecule has 0 rings (SSSR count). The van der Waals surface area contributed by atoms with Gasteiger partial charge < -0.3 is 19.9 Å². The number of carbonyl (C=O) groups excluding carboxylic acids is 2. The summed E-state index contributed by atoms with van der Waals surface area (Å²) in [5, 5.41) is 12.6. The highest BCUT2D eigenvalue weighted by Crippen LogP contribution is 2.19. The number of Topliss-reactive ketones (excluding diaryl/α,β-unsaturated/α-hetero) is 2. The molecule has 0 aliphatic carbocycles. The normalized spacial score (nSPS) is 13.8. The molecule has 114 valence electrons. The molecule has 0 aromatic carbocycles. The first-order valence-electron chi connectivity index (χ1n) is 6.18. The van der Waals surface area contributed by atoms with E-state index >= 15 is 0 Å². The number of ether oxygens (including phenoxy) is 2. The van der Waals surface area contributed by atoms with Crippen LogP contribution < -0.4 is 5.32 Å². The fraction of sp³-hybridized carbons (Fsp3) is 0.571. The first kappa shape index (κ1) is 18.3. The molecular formula is C14H23NO5. The van der Waals surface area contributed by atoms with E-state index in [1.807, 2.05) is 0 Å². The van der Waals surface area contributed by atoms with E-state index in [2.05, 4.69) is 5.32 Å². The van der Waals surface area contributed by atoms with Gasteiger partial charge in [-0.3, -0.25) is 9.59 Å². The molecule has 0 aromatic heterocycles. The summed E-state index contributed by atoms with van der Waals surface area (Å²) in [6, 6.07) is 0. The Balaban J connectivity index is 5.45. The number of carbonyl (C=O) groups is 2. The number of hydrogen-bond acceptors (Lipinski definition) is 6. The van der Waals surface area contributed by atoms with Crippen LogP contribution in [0, 0.1) is 0 Å². The molecule has 0 aromatic rings. The molecule has 0 aliphatic rings. The van der Waals surface area contributed by atoms with Crippen LogP contribution in [0.2, 0.25) is 0 Å². The average Bonchev–Trinajstić information content (AvgIpc) is 2.35. The quantitative estimate of drug-likeness (QED) is 0.304. The lowest BCUT2D eigenvalue weighted by atomic mass is 9.96. The van der Waals surface area contributed by atoms with Gasteiger partial charge in [0.2, 0.25) is 0 Å². The van der Waals surface area contributed by atoms with Crippen LogP contribution in [-0.2, 0) is 19.1 Å². The van der Waals surface area contributed by atoms with Crippen LogP contribution in [-0.4, -0.2) is 43.7 Å². The van der Waals surface area contributed by atoms with E-state index in [4.69, 9.17) is 9.47 Å². The molecule has 0 atom stereocenters. The molecule has 0 heterocycles. The van der Waals surface area contributed by atoms with Crippen molar-refractivity contribution in [1.29, 1.82) is 0 Å². The van der Waals surface area contributed by atoms with E-state index in [-0.39, 0.29) is 28.5 Å². The van der Waals surface area contributed by atoms with Gasteiger partial charge in [0.25, 0.3) is 0 Å². The molecule has 6 heteroatoms. The summed E-state index contributed by atoms with van der Waals surface area (Å²) in [6.45, 7) is 5.99. The molecule has 0 spiro atoms. The lowest BCUT2D eigenvalue weighted by Gasteiger charge is -2.18. The fourth-order valence-corrected chi connectivity index (χ4v) is 1.83. The Morgan fingerprint density at radius 1 is 1.00 bits per heavy atom. The number of methoxy groups -OCH3 is 2. The maximum atomic E-state index is 11.8. The van der Waals surface area contributed by atoms with Crippen LogP contribution in [0.4, 0.5) is 0 Å². The number of rotatable bonds is 8. The molecule has 0 unspecified atom stereocenters. The van der Waals surface area contributed by atoms with Crippen LogP contribution >= 0.6 is 0 Å². The molecule has 0 aliphatic heterocycles. The van der Waals surface area contributed by atoms with E-state index in [1.54, 1.807) is 6.92 Å². The molecule has 0 saturated heterocycles. The Hall–Kier alpha value is -1.66. The summed E-state index contributed by atoms with van der Waals surface area (Å²) >= 11 is 0. The third-order valence-electron chi connectivity index (χ3n) is 2.75. The summed E-state index contributed by atoms with van der Waals surface area (Å²) in [5.41, 5.74) is 0.674. The summed E-state index contributed by atoms with van der Waals surface area (Å²) in [5.74, 6) is -0.856. The van der Waals surface area contributed by atoms with Crippen molar-refractivity contribution >= 4 is 11.6 Å². The maximum Gasteiger partial charge on any atom is 0.173 e. The topological polar surface area (TPSA) is 84.9 Å². The van der Waals surface area contributed by atoms with Crippen molar-refractivity contribution in [3.05, 3.63) is 22.6 Å². The Kier molecular flexibility index (Phi) is 7.79. The zero-order chi connectivity index (χ0) is 15.9. The molecule has 20 heavy (non-hydrogen) atoms. The van der Waals surface area contributed by atoms with Crippen molar-refractivity contribution in [3.63, 3.8) is 0 Å². The molecule has 0 fully saturated rings. The first-order chi connectivity index (χ1) is 9.26. The highest BCUT2D eigenvalue weighted by molar-refractivity contribution is 6.11. The van der Waals surface area contributed by atoms with Crippen molar-refractivity contribution in [2.45, 2.75) is 34.0 Å². The fourth-order valence-electron chi connectivity index (χ4n) is 1.83. The smallest absolute Gasteiger partial charge is 0.173 e. The van der Waals surface area contributed by atoms with Crippen molar-refractivity contribution in [1.82, 2.24) is 5.32 Å². The van der Waals surface area contributed by atoms with Crippen molar-refractivity contribution in [2.24, 2.45) is 0 Å². The van der Waals surface area contributed by atoms with Gasteiger partial charge in [0, 0.05) is 19.9 Å². The third-order valence-corrected chi connectivity index (χ3v) is 2.75. The minimum absolute atomic E-state index is 0.0221. The van der Waals surface area contributed by atoms with Crippen molar-refractivity contribution < 1.29 is 24.2 Å². The van der Waals surface area contributed by atoms with Gasteiger partial charge in [0.15, 0.2) is 17.9 Å². The van der Waals surface area contributed by atoms with E-state index < -0.39 is 6.29 Å².